The minimum atomic E-state index is -0.485. The van der Waals surface area contributed by atoms with Crippen LogP contribution in [0.2, 0.25) is 0 Å². The number of amidine groups is 1. The second-order valence-electron chi connectivity index (χ2n) is 6.78. The van der Waals surface area contributed by atoms with Crippen molar-refractivity contribution in [2.75, 3.05) is 13.1 Å². The Labute approximate surface area is 143 Å². The van der Waals surface area contributed by atoms with Gasteiger partial charge in [0, 0.05) is 19.5 Å². The third kappa shape index (κ3) is 3.09. The number of aliphatic imine (C=N–C) groups is 1. The van der Waals surface area contributed by atoms with Crippen molar-refractivity contribution >= 4 is 17.8 Å². The normalized spacial score (nSPS) is 27.6. The van der Waals surface area contributed by atoms with Gasteiger partial charge in [-0.3, -0.25) is 14.6 Å². The van der Waals surface area contributed by atoms with Crippen molar-refractivity contribution in [3.63, 3.8) is 0 Å². The summed E-state index contributed by atoms with van der Waals surface area (Å²) in [6, 6.07) is -0.799. The molecule has 0 aromatic rings. The maximum Gasteiger partial charge on any atom is 0.329 e. The molecule has 0 aromatic carbocycles. The third-order valence-corrected chi connectivity index (χ3v) is 5.08. The second kappa shape index (κ2) is 7.20. The minimum Gasteiger partial charge on any atom is -0.359 e. The van der Waals surface area contributed by atoms with Gasteiger partial charge in [-0.25, -0.2) is 9.79 Å². The van der Waals surface area contributed by atoms with Gasteiger partial charge in [0.15, 0.2) is 6.17 Å². The number of imide groups is 1. The molecule has 2 fully saturated rings. The molecule has 0 radical (unpaired) electrons. The average Bonchev–Trinajstić information content (AvgIpc) is 3.00. The van der Waals surface area contributed by atoms with Gasteiger partial charge >= 0.3 is 6.03 Å². The lowest BCUT2D eigenvalue weighted by Gasteiger charge is -2.39. The van der Waals surface area contributed by atoms with E-state index in [4.69, 9.17) is 0 Å². The number of carbonyl (C=O) groups excluding carboxylic acids is 2. The van der Waals surface area contributed by atoms with E-state index in [1.54, 1.807) is 17.1 Å². The van der Waals surface area contributed by atoms with E-state index in [2.05, 4.69) is 23.5 Å². The highest BCUT2D eigenvalue weighted by atomic mass is 16.2. The number of hydrogen-bond donors (Lipinski definition) is 1. The van der Waals surface area contributed by atoms with Crippen LogP contribution in [-0.4, -0.2) is 52.9 Å². The monoisotopic (exact) mass is 330 g/mol. The zero-order chi connectivity index (χ0) is 17.1. The van der Waals surface area contributed by atoms with Crippen molar-refractivity contribution in [1.82, 2.24) is 15.1 Å². The molecule has 0 bridgehead atoms. The molecule has 3 aliphatic rings. The number of hydrogen-bond acceptors (Lipinski definition) is 4. The summed E-state index contributed by atoms with van der Waals surface area (Å²) in [5.41, 5.74) is 0. The number of nitrogens with zero attached hydrogens (tertiary/aromatic N) is 3. The SMILES string of the molecule is C=CCN1C(=O)C2NC(CC3CCCCC3)=NC2N(CC=C)C1=O. The molecule has 2 unspecified atom stereocenters. The fourth-order valence-corrected chi connectivity index (χ4v) is 3.89. The predicted molar refractivity (Wildman–Crippen MR) is 93.5 cm³/mol. The number of amides is 3. The largest absolute Gasteiger partial charge is 0.359 e. The lowest BCUT2D eigenvalue weighted by atomic mass is 9.87. The minimum absolute atomic E-state index is 0.215. The van der Waals surface area contributed by atoms with E-state index in [1.165, 1.54) is 37.0 Å². The summed E-state index contributed by atoms with van der Waals surface area (Å²) >= 11 is 0. The molecule has 24 heavy (non-hydrogen) atoms. The average molecular weight is 330 g/mol. The topological polar surface area (TPSA) is 65.0 Å². The number of urea groups is 1. The van der Waals surface area contributed by atoms with Gasteiger partial charge in [-0.1, -0.05) is 44.3 Å². The van der Waals surface area contributed by atoms with Gasteiger partial charge < -0.3 is 5.32 Å². The molecule has 3 amide bonds. The van der Waals surface area contributed by atoms with Crippen molar-refractivity contribution in [3.05, 3.63) is 25.3 Å². The van der Waals surface area contributed by atoms with Crippen LogP contribution in [-0.2, 0) is 4.79 Å². The Bertz CT molecular complexity index is 565. The smallest absolute Gasteiger partial charge is 0.329 e. The van der Waals surface area contributed by atoms with E-state index in [-0.39, 0.29) is 18.5 Å². The molecule has 1 aliphatic carbocycles. The number of rotatable bonds is 6. The Hall–Kier alpha value is -2.11. The molecule has 130 valence electrons. The Kier molecular flexibility index (Phi) is 5.02. The van der Waals surface area contributed by atoms with Crippen LogP contribution in [0, 0.1) is 5.92 Å². The zero-order valence-electron chi connectivity index (χ0n) is 14.1. The molecule has 6 nitrogen and oxygen atoms in total. The second-order valence-corrected chi connectivity index (χ2v) is 6.78. The fourth-order valence-electron chi connectivity index (χ4n) is 3.89. The molecule has 1 saturated carbocycles. The van der Waals surface area contributed by atoms with Crippen LogP contribution in [0.1, 0.15) is 38.5 Å². The first kappa shape index (κ1) is 16.7. The van der Waals surface area contributed by atoms with Crippen LogP contribution in [0.3, 0.4) is 0 Å². The van der Waals surface area contributed by atoms with Gasteiger partial charge in [0.1, 0.15) is 11.9 Å². The molecule has 6 heteroatoms. The summed E-state index contributed by atoms with van der Waals surface area (Å²) in [4.78, 5) is 32.8. The van der Waals surface area contributed by atoms with Crippen LogP contribution < -0.4 is 5.32 Å². The number of nitrogens with one attached hydrogen (secondary N) is 1. The molecule has 3 rings (SSSR count). The molecule has 2 heterocycles. The van der Waals surface area contributed by atoms with Crippen molar-refractivity contribution in [2.45, 2.75) is 50.7 Å². The van der Waals surface area contributed by atoms with E-state index in [9.17, 15) is 9.59 Å². The predicted octanol–water partition coefficient (Wildman–Crippen LogP) is 2.29. The molecule has 1 saturated heterocycles. The Morgan fingerprint density at radius 2 is 1.83 bits per heavy atom. The maximum absolute atomic E-state index is 12.7. The quantitative estimate of drug-likeness (QED) is 0.760. The third-order valence-electron chi connectivity index (χ3n) is 5.08. The highest BCUT2D eigenvalue weighted by molar-refractivity contribution is 6.04. The van der Waals surface area contributed by atoms with Crippen molar-refractivity contribution in [3.8, 4) is 0 Å². The number of fused-ring (bicyclic) bond motifs is 1. The molecular formula is C18H26N4O2. The van der Waals surface area contributed by atoms with Crippen molar-refractivity contribution in [1.29, 1.82) is 0 Å². The van der Waals surface area contributed by atoms with Crippen LogP contribution in [0.5, 0.6) is 0 Å². The van der Waals surface area contributed by atoms with Gasteiger partial charge in [-0.05, 0) is 5.92 Å². The summed E-state index contributed by atoms with van der Waals surface area (Å²) in [7, 11) is 0. The van der Waals surface area contributed by atoms with Crippen LogP contribution in [0.4, 0.5) is 4.79 Å². The van der Waals surface area contributed by atoms with E-state index in [0.717, 1.165) is 12.3 Å². The molecule has 2 aliphatic heterocycles. The lowest BCUT2D eigenvalue weighted by molar-refractivity contribution is -0.134. The van der Waals surface area contributed by atoms with E-state index in [0.29, 0.717) is 12.5 Å². The standard InChI is InChI=1S/C18H26N4O2/c1-3-10-21-16-15(17(23)22(11-4-2)18(21)24)19-14(20-16)12-13-8-6-5-7-9-13/h3-4,13,15-16H,1-2,5-12H2,(H,19,20). The first-order chi connectivity index (χ1) is 11.7. The first-order valence-electron chi connectivity index (χ1n) is 8.82. The van der Waals surface area contributed by atoms with Crippen LogP contribution in [0.25, 0.3) is 0 Å². The van der Waals surface area contributed by atoms with Crippen LogP contribution >= 0.6 is 0 Å². The fraction of sp³-hybridized carbons (Fsp3) is 0.611. The lowest BCUT2D eigenvalue weighted by Crippen LogP contribution is -2.65. The number of carbonyl (C=O) groups is 2. The van der Waals surface area contributed by atoms with E-state index >= 15 is 0 Å². The van der Waals surface area contributed by atoms with Gasteiger partial charge in [0.25, 0.3) is 5.91 Å². The van der Waals surface area contributed by atoms with Crippen LogP contribution in [0.15, 0.2) is 30.3 Å². The van der Waals surface area contributed by atoms with Gasteiger partial charge in [0.05, 0.1) is 0 Å². The van der Waals surface area contributed by atoms with Crippen molar-refractivity contribution in [2.24, 2.45) is 10.9 Å². The Morgan fingerprint density at radius 1 is 1.12 bits per heavy atom. The summed E-state index contributed by atoms with van der Waals surface area (Å²) in [6.07, 6.45) is 9.98. The van der Waals surface area contributed by atoms with E-state index < -0.39 is 12.2 Å². The molecule has 0 aromatic heterocycles. The van der Waals surface area contributed by atoms with Crippen molar-refractivity contribution < 1.29 is 9.59 Å². The zero-order valence-corrected chi connectivity index (χ0v) is 14.1. The van der Waals surface area contributed by atoms with Gasteiger partial charge in [-0.2, -0.15) is 0 Å². The molecule has 2 atom stereocenters. The Morgan fingerprint density at radius 3 is 2.50 bits per heavy atom. The molecular weight excluding hydrogens is 304 g/mol. The van der Waals surface area contributed by atoms with E-state index in [1.807, 2.05) is 0 Å². The Balaban J connectivity index is 1.77. The molecule has 0 spiro atoms. The first-order valence-corrected chi connectivity index (χ1v) is 8.82. The van der Waals surface area contributed by atoms with Gasteiger partial charge in [0.2, 0.25) is 0 Å². The highest BCUT2D eigenvalue weighted by Crippen LogP contribution is 2.29. The summed E-state index contributed by atoms with van der Waals surface area (Å²) in [5, 5.41) is 3.28. The molecule has 1 N–H and O–H groups in total. The summed E-state index contributed by atoms with van der Waals surface area (Å²) in [6.45, 7) is 7.95. The maximum atomic E-state index is 12.7. The van der Waals surface area contributed by atoms with Gasteiger partial charge in [-0.15, -0.1) is 13.2 Å². The summed E-state index contributed by atoms with van der Waals surface area (Å²) in [5.74, 6) is 1.29. The highest BCUT2D eigenvalue weighted by Gasteiger charge is 2.48. The summed E-state index contributed by atoms with van der Waals surface area (Å²) < 4.78 is 0.